The first-order chi connectivity index (χ1) is 6.81. The van der Waals surface area contributed by atoms with Gasteiger partial charge in [0.15, 0.2) is 9.84 Å². The topological polar surface area (TPSA) is 60.2 Å². The Morgan fingerprint density at radius 1 is 1.20 bits per heavy atom. The molecule has 0 aliphatic heterocycles. The largest absolute Gasteiger partial charge is 0.327 e. The van der Waals surface area contributed by atoms with Crippen molar-refractivity contribution in [2.75, 3.05) is 5.75 Å². The fourth-order valence-electron chi connectivity index (χ4n) is 2.67. The second-order valence-corrected chi connectivity index (χ2v) is 7.67. The Morgan fingerprint density at radius 3 is 2.07 bits per heavy atom. The molecular weight excluding hydrogens is 210 g/mol. The first-order valence-electron chi connectivity index (χ1n) is 5.78. The van der Waals surface area contributed by atoms with E-state index in [2.05, 4.69) is 13.8 Å². The highest BCUT2D eigenvalue weighted by Crippen LogP contribution is 2.32. The van der Waals surface area contributed by atoms with Crippen molar-refractivity contribution in [3.05, 3.63) is 0 Å². The van der Waals surface area contributed by atoms with Crippen molar-refractivity contribution in [1.82, 2.24) is 0 Å². The second kappa shape index (κ2) is 4.83. The molecule has 2 N–H and O–H groups in total. The average Bonchev–Trinajstić information content (AvgIpc) is 1.99. The summed E-state index contributed by atoms with van der Waals surface area (Å²) in [5, 5.41) is -0.151. The Hall–Kier alpha value is -0.0900. The molecule has 3 unspecified atom stereocenters. The van der Waals surface area contributed by atoms with Gasteiger partial charge in [0.1, 0.15) is 0 Å². The molecule has 3 nitrogen and oxygen atoms in total. The summed E-state index contributed by atoms with van der Waals surface area (Å²) in [7, 11) is -2.97. The fraction of sp³-hybridized carbons (Fsp3) is 1.00. The van der Waals surface area contributed by atoms with E-state index in [-0.39, 0.29) is 17.0 Å². The highest BCUT2D eigenvalue weighted by atomic mass is 32.2. The minimum atomic E-state index is -2.97. The lowest BCUT2D eigenvalue weighted by molar-refractivity contribution is 0.301. The number of hydrogen-bond acceptors (Lipinski definition) is 3. The van der Waals surface area contributed by atoms with Gasteiger partial charge in [-0.1, -0.05) is 13.8 Å². The van der Waals surface area contributed by atoms with Gasteiger partial charge in [-0.25, -0.2) is 8.42 Å². The Kier molecular flexibility index (Phi) is 4.18. The van der Waals surface area contributed by atoms with E-state index in [9.17, 15) is 8.42 Å². The van der Waals surface area contributed by atoms with Crippen LogP contribution in [0, 0.1) is 11.8 Å². The molecule has 0 heterocycles. The van der Waals surface area contributed by atoms with Crippen molar-refractivity contribution in [2.45, 2.75) is 51.3 Å². The van der Waals surface area contributed by atoms with Crippen LogP contribution >= 0.6 is 0 Å². The first-order valence-corrected chi connectivity index (χ1v) is 7.50. The number of rotatable bonds is 3. The molecule has 90 valence electrons. The Labute approximate surface area is 93.3 Å². The molecule has 15 heavy (non-hydrogen) atoms. The van der Waals surface area contributed by atoms with Gasteiger partial charge in [0, 0.05) is 6.04 Å². The first kappa shape index (κ1) is 13.0. The second-order valence-electron chi connectivity index (χ2n) is 5.35. The van der Waals surface area contributed by atoms with E-state index < -0.39 is 9.84 Å². The van der Waals surface area contributed by atoms with Gasteiger partial charge < -0.3 is 5.73 Å². The summed E-state index contributed by atoms with van der Waals surface area (Å²) >= 11 is 0. The zero-order valence-corrected chi connectivity index (χ0v) is 10.8. The van der Waals surface area contributed by atoms with Gasteiger partial charge in [0.25, 0.3) is 0 Å². The quantitative estimate of drug-likeness (QED) is 0.805. The number of hydrogen-bond donors (Lipinski definition) is 1. The maximum atomic E-state index is 12.0. The molecular formula is C11H23NO2S. The summed E-state index contributed by atoms with van der Waals surface area (Å²) in [5.41, 5.74) is 5.58. The summed E-state index contributed by atoms with van der Waals surface area (Å²) in [6, 6.07) is -0.248. The predicted molar refractivity (Wildman–Crippen MR) is 63.4 cm³/mol. The molecule has 0 amide bonds. The zero-order chi connectivity index (χ0) is 11.6. The van der Waals surface area contributed by atoms with Crippen LogP contribution in [0.1, 0.15) is 40.0 Å². The van der Waals surface area contributed by atoms with E-state index in [1.807, 2.05) is 0 Å². The summed E-state index contributed by atoms with van der Waals surface area (Å²) < 4.78 is 24.0. The standard InChI is InChI=1S/C11H23NO2S/c1-8-4-9(2)6-11(5-8)15(13,14)7-10(3)12/h8-11H,4-7,12H2,1-3H3. The van der Waals surface area contributed by atoms with Gasteiger partial charge >= 0.3 is 0 Å². The minimum absolute atomic E-state index is 0.136. The van der Waals surface area contributed by atoms with Crippen molar-refractivity contribution in [2.24, 2.45) is 17.6 Å². The molecule has 1 saturated carbocycles. The average molecular weight is 233 g/mol. The molecule has 0 saturated heterocycles. The molecule has 1 rings (SSSR count). The molecule has 1 aliphatic carbocycles. The van der Waals surface area contributed by atoms with Crippen LogP contribution in [0.25, 0.3) is 0 Å². The van der Waals surface area contributed by atoms with Crippen LogP contribution in [-0.2, 0) is 9.84 Å². The van der Waals surface area contributed by atoms with Crippen LogP contribution in [0.2, 0.25) is 0 Å². The van der Waals surface area contributed by atoms with Crippen molar-refractivity contribution < 1.29 is 8.42 Å². The molecule has 0 aromatic heterocycles. The van der Waals surface area contributed by atoms with Crippen molar-refractivity contribution in [1.29, 1.82) is 0 Å². The van der Waals surface area contributed by atoms with Crippen LogP contribution in [-0.4, -0.2) is 25.5 Å². The van der Waals surface area contributed by atoms with Gasteiger partial charge in [-0.15, -0.1) is 0 Å². The smallest absolute Gasteiger partial charge is 0.154 e. The van der Waals surface area contributed by atoms with Crippen LogP contribution in [0.3, 0.4) is 0 Å². The molecule has 1 fully saturated rings. The number of sulfone groups is 1. The molecule has 0 aromatic carbocycles. The Balaban J connectivity index is 2.70. The SMILES string of the molecule is CC(N)CS(=O)(=O)C1CC(C)CC(C)C1. The van der Waals surface area contributed by atoms with E-state index in [1.165, 1.54) is 0 Å². The lowest BCUT2D eigenvalue weighted by Crippen LogP contribution is -2.37. The van der Waals surface area contributed by atoms with E-state index in [0.29, 0.717) is 11.8 Å². The summed E-state index contributed by atoms with van der Waals surface area (Å²) in [5.74, 6) is 1.19. The van der Waals surface area contributed by atoms with E-state index in [4.69, 9.17) is 5.73 Å². The molecule has 3 atom stereocenters. The third-order valence-corrected chi connectivity index (χ3v) is 5.53. The third-order valence-electron chi connectivity index (χ3n) is 3.14. The van der Waals surface area contributed by atoms with Crippen LogP contribution < -0.4 is 5.73 Å². The molecule has 1 aliphatic rings. The van der Waals surface area contributed by atoms with E-state index in [0.717, 1.165) is 19.3 Å². The number of nitrogens with two attached hydrogens (primary N) is 1. The lowest BCUT2D eigenvalue weighted by Gasteiger charge is -2.31. The lowest BCUT2D eigenvalue weighted by atomic mass is 9.83. The van der Waals surface area contributed by atoms with Crippen LogP contribution in [0.15, 0.2) is 0 Å². The summed E-state index contributed by atoms with van der Waals surface area (Å²) in [4.78, 5) is 0. The summed E-state index contributed by atoms with van der Waals surface area (Å²) in [6.45, 7) is 6.04. The van der Waals surface area contributed by atoms with Gasteiger partial charge in [-0.3, -0.25) is 0 Å². The summed E-state index contributed by atoms with van der Waals surface area (Å²) in [6.07, 6.45) is 2.79. The van der Waals surface area contributed by atoms with Gasteiger partial charge in [-0.2, -0.15) is 0 Å². The van der Waals surface area contributed by atoms with Crippen LogP contribution in [0.4, 0.5) is 0 Å². The van der Waals surface area contributed by atoms with Gasteiger partial charge in [0.2, 0.25) is 0 Å². The monoisotopic (exact) mass is 233 g/mol. The Morgan fingerprint density at radius 2 is 1.67 bits per heavy atom. The molecule has 0 radical (unpaired) electrons. The van der Waals surface area contributed by atoms with Crippen molar-refractivity contribution in [3.8, 4) is 0 Å². The highest BCUT2D eigenvalue weighted by Gasteiger charge is 2.33. The molecule has 0 aromatic rings. The molecule has 4 heteroatoms. The molecule has 0 bridgehead atoms. The predicted octanol–water partition coefficient (Wildman–Crippen LogP) is 1.57. The van der Waals surface area contributed by atoms with Crippen LogP contribution in [0.5, 0.6) is 0 Å². The fourth-order valence-corrected chi connectivity index (χ4v) is 4.92. The maximum Gasteiger partial charge on any atom is 0.154 e. The third kappa shape index (κ3) is 3.76. The van der Waals surface area contributed by atoms with Crippen molar-refractivity contribution >= 4 is 9.84 Å². The van der Waals surface area contributed by atoms with Crippen molar-refractivity contribution in [3.63, 3.8) is 0 Å². The zero-order valence-electron chi connectivity index (χ0n) is 9.94. The highest BCUT2D eigenvalue weighted by molar-refractivity contribution is 7.92. The minimum Gasteiger partial charge on any atom is -0.327 e. The van der Waals surface area contributed by atoms with Gasteiger partial charge in [0.05, 0.1) is 11.0 Å². The molecule has 0 spiro atoms. The van der Waals surface area contributed by atoms with E-state index in [1.54, 1.807) is 6.92 Å². The normalized spacial score (nSPS) is 35.1. The maximum absolute atomic E-state index is 12.0. The Bertz CT molecular complexity index is 288. The van der Waals surface area contributed by atoms with Gasteiger partial charge in [-0.05, 0) is 38.0 Å². The van der Waals surface area contributed by atoms with E-state index >= 15 is 0 Å².